The summed E-state index contributed by atoms with van der Waals surface area (Å²) >= 11 is 0. The van der Waals surface area contributed by atoms with Crippen LogP contribution in [0.1, 0.15) is 58.8 Å². The highest BCUT2D eigenvalue weighted by molar-refractivity contribution is 5.69. The summed E-state index contributed by atoms with van der Waals surface area (Å²) in [6.45, 7) is 3.67. The van der Waals surface area contributed by atoms with E-state index in [-0.39, 0.29) is 11.9 Å². The molecule has 0 atom stereocenters. The van der Waals surface area contributed by atoms with Crippen molar-refractivity contribution in [1.29, 1.82) is 0 Å². The lowest BCUT2D eigenvalue weighted by molar-refractivity contribution is -0.143. The number of rotatable bonds is 6. The Morgan fingerprint density at radius 3 is 2.61 bits per heavy atom. The van der Waals surface area contributed by atoms with Gasteiger partial charge in [0.2, 0.25) is 0 Å². The Labute approximate surface area is 108 Å². The molecule has 0 N–H and O–H groups in total. The van der Waals surface area contributed by atoms with Crippen molar-refractivity contribution in [1.82, 2.24) is 0 Å². The van der Waals surface area contributed by atoms with Gasteiger partial charge in [0.05, 0.1) is 6.61 Å². The van der Waals surface area contributed by atoms with Gasteiger partial charge in [0, 0.05) is 19.8 Å². The number of ether oxygens (including phenoxy) is 2. The zero-order valence-electron chi connectivity index (χ0n) is 11.3. The van der Waals surface area contributed by atoms with E-state index >= 15 is 0 Å². The summed E-state index contributed by atoms with van der Waals surface area (Å²) < 4.78 is 10.1. The minimum atomic E-state index is -0.255. The Bertz CT molecular complexity index is 331. The molecule has 0 saturated carbocycles. The van der Waals surface area contributed by atoms with E-state index in [0.29, 0.717) is 13.0 Å². The van der Waals surface area contributed by atoms with Gasteiger partial charge in [-0.15, -0.1) is 0 Å². The lowest BCUT2D eigenvalue weighted by Crippen LogP contribution is -2.08. The summed E-state index contributed by atoms with van der Waals surface area (Å²) in [6, 6.07) is 0. The zero-order valence-corrected chi connectivity index (χ0v) is 11.3. The number of hydrogen-bond donors (Lipinski definition) is 0. The van der Waals surface area contributed by atoms with Crippen LogP contribution in [0.2, 0.25) is 0 Å². The van der Waals surface area contributed by atoms with E-state index < -0.39 is 0 Å². The summed E-state index contributed by atoms with van der Waals surface area (Å²) in [6.07, 6.45) is 6.05. The van der Waals surface area contributed by atoms with Gasteiger partial charge in [0.1, 0.15) is 5.76 Å². The van der Waals surface area contributed by atoms with E-state index in [1.807, 2.05) is 0 Å². The number of carbonyl (C=O) groups excluding carboxylic acids is 2. The van der Waals surface area contributed by atoms with Crippen molar-refractivity contribution in [3.63, 3.8) is 0 Å². The minimum Gasteiger partial charge on any atom is -0.466 e. The molecule has 1 rings (SSSR count). The molecule has 0 aromatic heterocycles. The van der Waals surface area contributed by atoms with E-state index in [1.165, 1.54) is 12.5 Å². The molecule has 0 saturated heterocycles. The molecule has 0 aromatic rings. The highest BCUT2D eigenvalue weighted by Gasteiger charge is 2.15. The van der Waals surface area contributed by atoms with Crippen molar-refractivity contribution < 1.29 is 19.1 Å². The van der Waals surface area contributed by atoms with E-state index in [2.05, 4.69) is 0 Å². The van der Waals surface area contributed by atoms with Crippen LogP contribution in [0.25, 0.3) is 0 Å². The van der Waals surface area contributed by atoms with Crippen molar-refractivity contribution in [2.45, 2.75) is 58.8 Å². The maximum atomic E-state index is 11.2. The first-order valence-corrected chi connectivity index (χ1v) is 6.68. The van der Waals surface area contributed by atoms with Crippen molar-refractivity contribution >= 4 is 11.9 Å². The summed E-state index contributed by atoms with van der Waals surface area (Å²) in [5.41, 5.74) is 1.20. The summed E-state index contributed by atoms with van der Waals surface area (Å²) in [7, 11) is 0. The molecule has 0 aromatic carbocycles. The molecular formula is C14H22O4. The number of esters is 2. The molecule has 0 radical (unpaired) electrons. The van der Waals surface area contributed by atoms with Crippen molar-refractivity contribution in [3.8, 4) is 0 Å². The number of allylic oxidation sites excluding steroid dienone is 2. The molecular weight excluding hydrogens is 232 g/mol. The van der Waals surface area contributed by atoms with E-state index in [0.717, 1.165) is 44.3 Å². The third-order valence-electron chi connectivity index (χ3n) is 2.96. The lowest BCUT2D eigenvalue weighted by atomic mass is 9.94. The van der Waals surface area contributed by atoms with Crippen LogP contribution in [-0.4, -0.2) is 18.5 Å². The van der Waals surface area contributed by atoms with E-state index in [1.54, 1.807) is 6.92 Å². The first-order chi connectivity index (χ1) is 8.63. The van der Waals surface area contributed by atoms with Gasteiger partial charge in [-0.05, 0) is 44.6 Å². The molecule has 102 valence electrons. The van der Waals surface area contributed by atoms with Gasteiger partial charge >= 0.3 is 11.9 Å². The Kier molecular flexibility index (Phi) is 6.47. The Balaban J connectivity index is 2.43. The fourth-order valence-electron chi connectivity index (χ4n) is 2.18. The van der Waals surface area contributed by atoms with Gasteiger partial charge in [-0.1, -0.05) is 0 Å². The fourth-order valence-corrected chi connectivity index (χ4v) is 2.18. The first kappa shape index (κ1) is 14.7. The molecule has 4 nitrogen and oxygen atoms in total. The van der Waals surface area contributed by atoms with Crippen molar-refractivity contribution in [2.75, 3.05) is 6.61 Å². The fraction of sp³-hybridized carbons (Fsp3) is 0.714. The average molecular weight is 254 g/mol. The maximum absolute atomic E-state index is 11.2. The van der Waals surface area contributed by atoms with Crippen LogP contribution >= 0.6 is 0 Å². The van der Waals surface area contributed by atoms with E-state index in [9.17, 15) is 9.59 Å². The molecule has 0 fully saturated rings. The van der Waals surface area contributed by atoms with Crippen molar-refractivity contribution in [3.05, 3.63) is 11.3 Å². The van der Waals surface area contributed by atoms with E-state index in [4.69, 9.17) is 9.47 Å². The smallest absolute Gasteiger partial charge is 0.307 e. The molecule has 4 heteroatoms. The highest BCUT2D eigenvalue weighted by Crippen LogP contribution is 2.29. The molecule has 18 heavy (non-hydrogen) atoms. The second-order valence-corrected chi connectivity index (χ2v) is 4.49. The first-order valence-electron chi connectivity index (χ1n) is 6.68. The average Bonchev–Trinajstić information content (AvgIpc) is 2.31. The second-order valence-electron chi connectivity index (χ2n) is 4.49. The van der Waals surface area contributed by atoms with Crippen LogP contribution in [0.15, 0.2) is 11.3 Å². The normalized spacial score (nSPS) is 15.4. The Hall–Kier alpha value is -1.32. The molecule has 1 aliphatic carbocycles. The summed E-state index contributed by atoms with van der Waals surface area (Å²) in [4.78, 5) is 22.2. The molecule has 0 spiro atoms. The van der Waals surface area contributed by atoms with Crippen LogP contribution in [0.5, 0.6) is 0 Å². The Morgan fingerprint density at radius 1 is 1.22 bits per heavy atom. The molecule has 0 unspecified atom stereocenters. The van der Waals surface area contributed by atoms with Crippen LogP contribution in [0, 0.1) is 0 Å². The molecule has 0 amide bonds. The predicted molar refractivity (Wildman–Crippen MR) is 67.7 cm³/mol. The molecule has 0 heterocycles. The molecule has 0 aliphatic heterocycles. The van der Waals surface area contributed by atoms with Gasteiger partial charge < -0.3 is 9.47 Å². The van der Waals surface area contributed by atoms with Gasteiger partial charge in [0.25, 0.3) is 0 Å². The SMILES string of the molecule is CCOC(=O)CCCC1=C(OC(C)=O)CCCC1. The maximum Gasteiger partial charge on any atom is 0.307 e. The monoisotopic (exact) mass is 254 g/mol. The van der Waals surface area contributed by atoms with Crippen LogP contribution in [-0.2, 0) is 19.1 Å². The highest BCUT2D eigenvalue weighted by atomic mass is 16.5. The third kappa shape index (κ3) is 5.34. The van der Waals surface area contributed by atoms with Crippen LogP contribution in [0.4, 0.5) is 0 Å². The largest absolute Gasteiger partial charge is 0.466 e. The Morgan fingerprint density at radius 2 is 1.94 bits per heavy atom. The quantitative estimate of drug-likeness (QED) is 0.683. The standard InChI is InChI=1S/C14H22O4/c1-3-17-14(16)10-6-8-12-7-4-5-9-13(12)18-11(2)15/h3-10H2,1-2H3. The van der Waals surface area contributed by atoms with Gasteiger partial charge in [0.15, 0.2) is 0 Å². The van der Waals surface area contributed by atoms with Crippen molar-refractivity contribution in [2.24, 2.45) is 0 Å². The molecule has 0 bridgehead atoms. The zero-order chi connectivity index (χ0) is 13.4. The third-order valence-corrected chi connectivity index (χ3v) is 2.96. The van der Waals surface area contributed by atoms with Gasteiger partial charge in [-0.3, -0.25) is 9.59 Å². The predicted octanol–water partition coefficient (Wildman–Crippen LogP) is 3.11. The lowest BCUT2D eigenvalue weighted by Gasteiger charge is -2.19. The van der Waals surface area contributed by atoms with Gasteiger partial charge in [-0.2, -0.15) is 0 Å². The summed E-state index contributed by atoms with van der Waals surface area (Å²) in [5, 5.41) is 0. The number of carbonyl (C=O) groups is 2. The van der Waals surface area contributed by atoms with Crippen LogP contribution in [0.3, 0.4) is 0 Å². The van der Waals surface area contributed by atoms with Gasteiger partial charge in [-0.25, -0.2) is 0 Å². The second kappa shape index (κ2) is 7.90. The number of hydrogen-bond acceptors (Lipinski definition) is 4. The topological polar surface area (TPSA) is 52.6 Å². The summed E-state index contributed by atoms with van der Waals surface area (Å²) in [5.74, 6) is 0.426. The molecule has 1 aliphatic rings. The van der Waals surface area contributed by atoms with Crippen LogP contribution < -0.4 is 0 Å². The minimum absolute atomic E-state index is 0.150.